The van der Waals surface area contributed by atoms with Gasteiger partial charge in [0.15, 0.2) is 0 Å². The Bertz CT molecular complexity index is 1110. The SMILES string of the molecule is Cc1cc2c(cc1C#N)c(-c1cccc3c1CCCC3)cn2C1CCC(O)CC1. The van der Waals surface area contributed by atoms with Gasteiger partial charge in [0.05, 0.1) is 17.7 Å². The maximum Gasteiger partial charge on any atom is 0.0994 e. The second kappa shape index (κ2) is 7.35. The van der Waals surface area contributed by atoms with Crippen LogP contribution in [0.15, 0.2) is 36.5 Å². The molecule has 2 aromatic carbocycles. The van der Waals surface area contributed by atoms with Crippen LogP contribution in [-0.4, -0.2) is 15.8 Å². The molecule has 5 rings (SSSR count). The summed E-state index contributed by atoms with van der Waals surface area (Å²) >= 11 is 0. The summed E-state index contributed by atoms with van der Waals surface area (Å²) in [5.41, 5.74) is 8.62. The fourth-order valence-corrected chi connectivity index (χ4v) is 5.41. The highest BCUT2D eigenvalue weighted by Crippen LogP contribution is 2.41. The van der Waals surface area contributed by atoms with Crippen molar-refractivity contribution in [3.63, 3.8) is 0 Å². The molecule has 0 atom stereocenters. The Morgan fingerprint density at radius 2 is 1.83 bits per heavy atom. The number of aliphatic hydroxyl groups excluding tert-OH is 1. The van der Waals surface area contributed by atoms with Gasteiger partial charge in [-0.3, -0.25) is 0 Å². The number of benzene rings is 2. The van der Waals surface area contributed by atoms with Crippen molar-refractivity contribution in [1.29, 1.82) is 5.26 Å². The maximum atomic E-state index is 9.97. The Morgan fingerprint density at radius 1 is 1.03 bits per heavy atom. The predicted octanol–water partition coefficient (Wildman–Crippen LogP) is 5.84. The number of hydrogen-bond donors (Lipinski definition) is 1. The van der Waals surface area contributed by atoms with Gasteiger partial charge in [0, 0.05) is 28.7 Å². The minimum Gasteiger partial charge on any atom is -0.393 e. The average Bonchev–Trinajstić information content (AvgIpc) is 3.11. The van der Waals surface area contributed by atoms with E-state index in [1.54, 1.807) is 0 Å². The molecular weight excluding hydrogens is 356 g/mol. The van der Waals surface area contributed by atoms with Gasteiger partial charge in [0.25, 0.3) is 0 Å². The molecule has 1 aromatic heterocycles. The van der Waals surface area contributed by atoms with Crippen molar-refractivity contribution in [2.24, 2.45) is 0 Å². The lowest BCUT2D eigenvalue weighted by atomic mass is 9.86. The topological polar surface area (TPSA) is 49.0 Å². The van der Waals surface area contributed by atoms with Crippen LogP contribution in [0.2, 0.25) is 0 Å². The summed E-state index contributed by atoms with van der Waals surface area (Å²) in [5, 5.41) is 20.8. The lowest BCUT2D eigenvalue weighted by Crippen LogP contribution is -2.20. The van der Waals surface area contributed by atoms with Crippen LogP contribution in [0.5, 0.6) is 0 Å². The van der Waals surface area contributed by atoms with E-state index in [0.29, 0.717) is 6.04 Å². The highest BCUT2D eigenvalue weighted by atomic mass is 16.3. The average molecular weight is 385 g/mol. The van der Waals surface area contributed by atoms with Gasteiger partial charge in [-0.1, -0.05) is 18.2 Å². The fourth-order valence-electron chi connectivity index (χ4n) is 5.41. The van der Waals surface area contributed by atoms with Crippen molar-refractivity contribution < 1.29 is 5.11 Å². The van der Waals surface area contributed by atoms with Crippen molar-refractivity contribution in [1.82, 2.24) is 4.57 Å². The number of nitriles is 1. The molecule has 148 valence electrons. The minimum absolute atomic E-state index is 0.152. The molecule has 0 spiro atoms. The van der Waals surface area contributed by atoms with Crippen LogP contribution in [-0.2, 0) is 12.8 Å². The van der Waals surface area contributed by atoms with E-state index >= 15 is 0 Å². The molecular formula is C26H28N2O. The molecule has 2 aliphatic carbocycles. The molecule has 3 nitrogen and oxygen atoms in total. The molecule has 0 aliphatic heterocycles. The Hall–Kier alpha value is -2.57. The molecule has 3 aromatic rings. The van der Waals surface area contributed by atoms with Crippen LogP contribution in [0.25, 0.3) is 22.0 Å². The van der Waals surface area contributed by atoms with Crippen LogP contribution < -0.4 is 0 Å². The Labute approximate surface area is 172 Å². The van der Waals surface area contributed by atoms with E-state index in [0.717, 1.165) is 43.2 Å². The van der Waals surface area contributed by atoms with E-state index in [1.807, 2.05) is 6.92 Å². The third-order valence-electron chi connectivity index (χ3n) is 7.05. The largest absolute Gasteiger partial charge is 0.393 e. The third kappa shape index (κ3) is 3.16. The normalized spacial score (nSPS) is 21.7. The first-order valence-corrected chi connectivity index (χ1v) is 11.0. The number of hydrogen-bond acceptors (Lipinski definition) is 2. The van der Waals surface area contributed by atoms with Gasteiger partial charge in [-0.2, -0.15) is 5.26 Å². The summed E-state index contributed by atoms with van der Waals surface area (Å²) in [4.78, 5) is 0. The predicted molar refractivity (Wildman–Crippen MR) is 117 cm³/mol. The van der Waals surface area contributed by atoms with Crippen LogP contribution in [0.1, 0.15) is 66.8 Å². The molecule has 1 N–H and O–H groups in total. The van der Waals surface area contributed by atoms with Gasteiger partial charge in [-0.25, -0.2) is 0 Å². The number of aliphatic hydroxyl groups is 1. The summed E-state index contributed by atoms with van der Waals surface area (Å²) in [6.45, 7) is 2.03. The number of rotatable bonds is 2. The first kappa shape index (κ1) is 18.5. The molecule has 0 amide bonds. The molecule has 1 saturated carbocycles. The minimum atomic E-state index is -0.152. The summed E-state index contributed by atoms with van der Waals surface area (Å²) < 4.78 is 2.44. The summed E-state index contributed by atoms with van der Waals surface area (Å²) in [6, 6.07) is 13.8. The van der Waals surface area contributed by atoms with Crippen molar-refractivity contribution in [2.75, 3.05) is 0 Å². The zero-order valence-electron chi connectivity index (χ0n) is 17.1. The van der Waals surface area contributed by atoms with E-state index in [9.17, 15) is 10.4 Å². The molecule has 0 bridgehead atoms. The molecule has 1 fully saturated rings. The molecule has 2 aliphatic rings. The van der Waals surface area contributed by atoms with Crippen molar-refractivity contribution >= 4 is 10.9 Å². The second-order valence-electron chi connectivity index (χ2n) is 8.86. The van der Waals surface area contributed by atoms with Gasteiger partial charge in [-0.05, 0) is 92.7 Å². The number of aromatic nitrogens is 1. The van der Waals surface area contributed by atoms with Crippen molar-refractivity contribution in [3.05, 3.63) is 58.8 Å². The Morgan fingerprint density at radius 3 is 2.62 bits per heavy atom. The monoisotopic (exact) mass is 384 g/mol. The fraction of sp³-hybridized carbons (Fsp3) is 0.423. The van der Waals surface area contributed by atoms with E-state index in [-0.39, 0.29) is 6.10 Å². The lowest BCUT2D eigenvalue weighted by molar-refractivity contribution is 0.111. The van der Waals surface area contributed by atoms with E-state index < -0.39 is 0 Å². The number of aryl methyl sites for hydroxylation is 2. The quantitative estimate of drug-likeness (QED) is 0.603. The Kier molecular flexibility index (Phi) is 4.68. The first-order chi connectivity index (χ1) is 14.2. The van der Waals surface area contributed by atoms with Gasteiger partial charge < -0.3 is 9.67 Å². The van der Waals surface area contributed by atoms with Gasteiger partial charge >= 0.3 is 0 Å². The molecule has 1 heterocycles. The van der Waals surface area contributed by atoms with Gasteiger partial charge in [-0.15, -0.1) is 0 Å². The highest BCUT2D eigenvalue weighted by Gasteiger charge is 2.25. The summed E-state index contributed by atoms with van der Waals surface area (Å²) in [7, 11) is 0. The summed E-state index contributed by atoms with van der Waals surface area (Å²) in [6.07, 6.45) is 10.8. The van der Waals surface area contributed by atoms with Gasteiger partial charge in [0.1, 0.15) is 0 Å². The smallest absolute Gasteiger partial charge is 0.0994 e. The Balaban J connectivity index is 1.73. The standard InChI is InChI=1S/C26H28N2O/c1-17-13-26-24(14-19(17)15-27)25(16-28(26)20-9-11-21(29)12-10-20)23-8-4-6-18-5-2-3-7-22(18)23/h4,6,8,13-14,16,20-21,29H,2-3,5,7,9-12H2,1H3. The zero-order valence-corrected chi connectivity index (χ0v) is 17.1. The highest BCUT2D eigenvalue weighted by molar-refractivity contribution is 5.98. The van der Waals surface area contributed by atoms with E-state index in [2.05, 4.69) is 47.2 Å². The van der Waals surface area contributed by atoms with E-state index in [1.165, 1.54) is 52.4 Å². The van der Waals surface area contributed by atoms with Crippen molar-refractivity contribution in [3.8, 4) is 17.2 Å². The lowest BCUT2D eigenvalue weighted by Gasteiger charge is -2.27. The first-order valence-electron chi connectivity index (χ1n) is 11.0. The van der Waals surface area contributed by atoms with E-state index in [4.69, 9.17) is 0 Å². The molecule has 3 heteroatoms. The molecule has 0 saturated heterocycles. The van der Waals surface area contributed by atoms with Crippen LogP contribution in [0, 0.1) is 18.3 Å². The molecule has 0 unspecified atom stereocenters. The zero-order chi connectivity index (χ0) is 20.0. The molecule has 0 radical (unpaired) electrons. The van der Waals surface area contributed by atoms with Crippen molar-refractivity contribution in [2.45, 2.75) is 70.4 Å². The van der Waals surface area contributed by atoms with Crippen LogP contribution in [0.3, 0.4) is 0 Å². The van der Waals surface area contributed by atoms with Crippen LogP contribution in [0.4, 0.5) is 0 Å². The number of nitrogens with zero attached hydrogens (tertiary/aromatic N) is 2. The maximum absolute atomic E-state index is 9.97. The van der Waals surface area contributed by atoms with Gasteiger partial charge in [0.2, 0.25) is 0 Å². The summed E-state index contributed by atoms with van der Waals surface area (Å²) in [5.74, 6) is 0. The number of fused-ring (bicyclic) bond motifs is 2. The third-order valence-corrected chi connectivity index (χ3v) is 7.05. The molecule has 29 heavy (non-hydrogen) atoms. The second-order valence-corrected chi connectivity index (χ2v) is 8.86. The van der Waals surface area contributed by atoms with Crippen LogP contribution >= 0.6 is 0 Å².